The lowest BCUT2D eigenvalue weighted by Crippen LogP contribution is -2.33. The highest BCUT2D eigenvalue weighted by Gasteiger charge is 2.21. The normalized spacial score (nSPS) is 20.4. The number of carbonyl (C=O) groups excluding carboxylic acids is 1. The number of hydrazine groups is 1. The molecule has 0 saturated carbocycles. The summed E-state index contributed by atoms with van der Waals surface area (Å²) < 4.78 is 0. The van der Waals surface area contributed by atoms with E-state index in [2.05, 4.69) is 29.4 Å². The summed E-state index contributed by atoms with van der Waals surface area (Å²) in [6.45, 7) is 7.57. The lowest BCUT2D eigenvalue weighted by atomic mass is 9.99. The first-order valence-corrected chi connectivity index (χ1v) is 7.95. The maximum absolute atomic E-state index is 11.5. The van der Waals surface area contributed by atoms with Gasteiger partial charge in [-0.25, -0.2) is 5.84 Å². The predicted octanol–water partition coefficient (Wildman–Crippen LogP) is 2.40. The van der Waals surface area contributed by atoms with Crippen molar-refractivity contribution < 1.29 is 4.79 Å². The molecule has 1 saturated heterocycles. The van der Waals surface area contributed by atoms with Crippen molar-refractivity contribution in [3.63, 3.8) is 0 Å². The number of rotatable bonds is 6. The molecule has 2 atom stereocenters. The number of amides is 1. The van der Waals surface area contributed by atoms with Crippen LogP contribution in [0.25, 0.3) is 0 Å². The highest BCUT2D eigenvalue weighted by atomic mass is 16.2. The van der Waals surface area contributed by atoms with Gasteiger partial charge in [-0.3, -0.25) is 15.1 Å². The summed E-state index contributed by atoms with van der Waals surface area (Å²) in [7, 11) is 0. The van der Waals surface area contributed by atoms with Crippen LogP contribution < -0.4 is 11.3 Å². The summed E-state index contributed by atoms with van der Waals surface area (Å²) in [6, 6.07) is 8.33. The van der Waals surface area contributed by atoms with Gasteiger partial charge in [0.25, 0.3) is 0 Å². The third-order valence-corrected chi connectivity index (χ3v) is 4.49. The van der Waals surface area contributed by atoms with Crippen LogP contribution in [0.4, 0.5) is 0 Å². The number of nitrogens with one attached hydrogen (secondary N) is 1. The molecule has 1 heterocycles. The van der Waals surface area contributed by atoms with E-state index in [4.69, 9.17) is 5.84 Å². The molecule has 0 bridgehead atoms. The second-order valence-electron chi connectivity index (χ2n) is 6.15. The zero-order valence-electron chi connectivity index (χ0n) is 13.1. The first-order valence-electron chi connectivity index (χ1n) is 7.95. The van der Waals surface area contributed by atoms with Crippen molar-refractivity contribution >= 4 is 5.91 Å². The lowest BCUT2D eigenvalue weighted by Gasteiger charge is -2.17. The van der Waals surface area contributed by atoms with E-state index < -0.39 is 0 Å². The minimum Gasteiger partial charge on any atom is -0.299 e. The summed E-state index contributed by atoms with van der Waals surface area (Å²) in [5.74, 6) is 5.71. The van der Waals surface area contributed by atoms with Crippen molar-refractivity contribution in [3.8, 4) is 0 Å². The average molecular weight is 289 g/mol. The highest BCUT2D eigenvalue weighted by molar-refractivity contribution is 5.82. The van der Waals surface area contributed by atoms with Gasteiger partial charge in [0.15, 0.2) is 0 Å². The Labute approximate surface area is 127 Å². The molecule has 2 rings (SSSR count). The van der Waals surface area contributed by atoms with Gasteiger partial charge in [0, 0.05) is 13.1 Å². The number of hydrogen-bond acceptors (Lipinski definition) is 3. The van der Waals surface area contributed by atoms with Crippen molar-refractivity contribution in [2.24, 2.45) is 11.8 Å². The molecule has 1 fully saturated rings. The van der Waals surface area contributed by atoms with Gasteiger partial charge in [-0.15, -0.1) is 0 Å². The molecule has 0 radical (unpaired) electrons. The van der Waals surface area contributed by atoms with Gasteiger partial charge >= 0.3 is 0 Å². The van der Waals surface area contributed by atoms with E-state index in [9.17, 15) is 4.79 Å². The van der Waals surface area contributed by atoms with Gasteiger partial charge in [0.1, 0.15) is 0 Å². The topological polar surface area (TPSA) is 58.4 Å². The lowest BCUT2D eigenvalue weighted by molar-refractivity contribution is -0.122. The number of carbonyl (C=O) groups is 1. The van der Waals surface area contributed by atoms with Crippen LogP contribution in [0, 0.1) is 5.92 Å². The summed E-state index contributed by atoms with van der Waals surface area (Å²) in [6.07, 6.45) is 3.97. The molecule has 4 heteroatoms. The fourth-order valence-electron chi connectivity index (χ4n) is 3.15. The molecule has 0 aliphatic carbocycles. The molecule has 1 amide bonds. The van der Waals surface area contributed by atoms with Crippen LogP contribution in [0.2, 0.25) is 0 Å². The van der Waals surface area contributed by atoms with Crippen molar-refractivity contribution in [1.82, 2.24) is 10.3 Å². The van der Waals surface area contributed by atoms with E-state index >= 15 is 0 Å². The van der Waals surface area contributed by atoms with Crippen LogP contribution in [-0.4, -0.2) is 23.9 Å². The first kappa shape index (κ1) is 16.0. The van der Waals surface area contributed by atoms with Gasteiger partial charge in [0.05, 0.1) is 5.92 Å². The van der Waals surface area contributed by atoms with Gasteiger partial charge in [0.2, 0.25) is 5.91 Å². The van der Waals surface area contributed by atoms with Crippen LogP contribution in [0.1, 0.15) is 50.2 Å². The minimum atomic E-state index is -0.204. The van der Waals surface area contributed by atoms with Gasteiger partial charge < -0.3 is 0 Å². The Hall–Kier alpha value is -1.39. The van der Waals surface area contributed by atoms with Gasteiger partial charge in [-0.05, 0) is 43.4 Å². The number of nitrogens with two attached hydrogens (primary N) is 1. The minimum absolute atomic E-state index is 0.148. The maximum Gasteiger partial charge on any atom is 0.241 e. The van der Waals surface area contributed by atoms with E-state index in [1.807, 2.05) is 19.1 Å². The van der Waals surface area contributed by atoms with E-state index in [0.717, 1.165) is 18.0 Å². The van der Waals surface area contributed by atoms with Crippen molar-refractivity contribution in [2.45, 2.75) is 45.6 Å². The zero-order valence-corrected chi connectivity index (χ0v) is 13.1. The van der Waals surface area contributed by atoms with E-state index in [-0.39, 0.29) is 11.8 Å². The number of benzene rings is 1. The summed E-state index contributed by atoms with van der Waals surface area (Å²) in [5.41, 5.74) is 4.53. The second-order valence-corrected chi connectivity index (χ2v) is 6.15. The fourth-order valence-corrected chi connectivity index (χ4v) is 3.15. The van der Waals surface area contributed by atoms with E-state index in [1.54, 1.807) is 0 Å². The molecular weight excluding hydrogens is 262 g/mol. The summed E-state index contributed by atoms with van der Waals surface area (Å²) in [5, 5.41) is 0. The van der Waals surface area contributed by atoms with Gasteiger partial charge in [-0.2, -0.15) is 0 Å². The summed E-state index contributed by atoms with van der Waals surface area (Å²) in [4.78, 5) is 14.1. The Morgan fingerprint density at radius 2 is 2.14 bits per heavy atom. The Balaban J connectivity index is 1.90. The Kier molecular flexibility index (Phi) is 5.76. The molecule has 116 valence electrons. The van der Waals surface area contributed by atoms with E-state index in [0.29, 0.717) is 0 Å². The Morgan fingerprint density at radius 1 is 1.43 bits per heavy atom. The molecule has 21 heavy (non-hydrogen) atoms. The van der Waals surface area contributed by atoms with Crippen LogP contribution in [-0.2, 0) is 11.3 Å². The molecule has 3 N–H and O–H groups in total. The molecule has 1 aromatic carbocycles. The molecule has 0 spiro atoms. The molecule has 1 aromatic rings. The van der Waals surface area contributed by atoms with Crippen LogP contribution in [0.5, 0.6) is 0 Å². The van der Waals surface area contributed by atoms with Crippen LogP contribution >= 0.6 is 0 Å². The molecule has 2 unspecified atom stereocenters. The smallest absolute Gasteiger partial charge is 0.241 e. The maximum atomic E-state index is 11.5. The van der Waals surface area contributed by atoms with Crippen LogP contribution in [0.15, 0.2) is 24.3 Å². The second kappa shape index (κ2) is 7.57. The number of nitrogens with zero attached hydrogens (tertiary/aromatic N) is 1. The van der Waals surface area contributed by atoms with Crippen molar-refractivity contribution in [1.29, 1.82) is 0 Å². The molecule has 1 aliphatic rings. The summed E-state index contributed by atoms with van der Waals surface area (Å²) >= 11 is 0. The predicted molar refractivity (Wildman–Crippen MR) is 85.5 cm³/mol. The Bertz CT molecular complexity index is 458. The Morgan fingerprint density at radius 3 is 2.76 bits per heavy atom. The largest absolute Gasteiger partial charge is 0.299 e. The highest BCUT2D eigenvalue weighted by Crippen LogP contribution is 2.23. The third-order valence-electron chi connectivity index (χ3n) is 4.49. The molecule has 0 aromatic heterocycles. The van der Waals surface area contributed by atoms with Crippen molar-refractivity contribution in [2.75, 3.05) is 13.1 Å². The number of likely N-dealkylation sites (tertiary alicyclic amines) is 1. The van der Waals surface area contributed by atoms with E-state index in [1.165, 1.54) is 37.9 Å². The number of hydrogen-bond donors (Lipinski definition) is 2. The van der Waals surface area contributed by atoms with Crippen molar-refractivity contribution in [3.05, 3.63) is 35.4 Å². The average Bonchev–Trinajstić information content (AvgIpc) is 2.94. The quantitative estimate of drug-likeness (QED) is 0.480. The molecule has 4 nitrogen and oxygen atoms in total. The standard InChI is InChI=1S/C17H27N3O/c1-3-4-14-9-10-20(11-14)12-15-5-7-16(8-6-15)13(2)17(21)19-18/h5-8,13-14H,3-4,9-12,18H2,1-2H3,(H,19,21). The third kappa shape index (κ3) is 4.29. The zero-order chi connectivity index (χ0) is 15.2. The van der Waals surface area contributed by atoms with Crippen LogP contribution in [0.3, 0.4) is 0 Å². The molecular formula is C17H27N3O. The fraction of sp³-hybridized carbons (Fsp3) is 0.588. The monoisotopic (exact) mass is 289 g/mol. The SMILES string of the molecule is CCCC1CCN(Cc2ccc(C(C)C(=O)NN)cc2)C1. The van der Waals surface area contributed by atoms with Gasteiger partial charge in [-0.1, -0.05) is 37.6 Å². The first-order chi connectivity index (χ1) is 10.1. The molecule has 1 aliphatic heterocycles.